The first-order valence-electron chi connectivity index (χ1n) is 9.01. The maximum atomic E-state index is 15.6. The van der Waals surface area contributed by atoms with Crippen molar-refractivity contribution in [2.24, 2.45) is 0 Å². The lowest BCUT2D eigenvalue weighted by atomic mass is 9.84. The van der Waals surface area contributed by atoms with Gasteiger partial charge in [0.15, 0.2) is 5.70 Å². The molecule has 2 aliphatic rings. The second kappa shape index (κ2) is 5.06. The van der Waals surface area contributed by atoms with E-state index in [0.717, 1.165) is 27.9 Å². The van der Waals surface area contributed by atoms with Crippen LogP contribution in [0.25, 0.3) is 11.2 Å². The predicted octanol–water partition coefficient (Wildman–Crippen LogP) is 4.18. The number of pyridine rings is 1. The van der Waals surface area contributed by atoms with Crippen LogP contribution in [0.4, 0.5) is 8.63 Å². The summed E-state index contributed by atoms with van der Waals surface area (Å²) >= 11 is 0. The van der Waals surface area contributed by atoms with Crippen LogP contribution in [0, 0.1) is 13.8 Å². The van der Waals surface area contributed by atoms with Gasteiger partial charge in [-0.05, 0) is 55.8 Å². The number of nitrogens with zero attached hydrogens (tertiary/aromatic N) is 4. The third-order valence-corrected chi connectivity index (χ3v) is 5.62. The van der Waals surface area contributed by atoms with Crippen LogP contribution in [0.2, 0.25) is 0 Å². The molecular weight excluding hydrogens is 345 g/mol. The van der Waals surface area contributed by atoms with E-state index >= 15 is 8.63 Å². The normalized spacial score (nSPS) is 18.2. The third kappa shape index (κ3) is 1.97. The Labute approximate surface area is 155 Å². The molecule has 7 heteroatoms. The highest BCUT2D eigenvalue weighted by Gasteiger charge is 2.55. The van der Waals surface area contributed by atoms with Crippen molar-refractivity contribution in [1.29, 1.82) is 0 Å². The number of allylic oxidation sites excluding steroid dienone is 2. The van der Waals surface area contributed by atoms with Gasteiger partial charge < -0.3 is 22.0 Å². The second-order valence-electron chi connectivity index (χ2n) is 7.45. The van der Waals surface area contributed by atoms with Gasteiger partial charge in [-0.1, -0.05) is 0 Å². The molecule has 0 bridgehead atoms. The molecule has 3 aromatic heterocycles. The fraction of sp³-hybridized carbons (Fsp3) is 0.200. The molecule has 0 aliphatic carbocycles. The number of hydrogen-bond donors (Lipinski definition) is 0. The first-order chi connectivity index (χ1) is 12.8. The molecule has 0 radical (unpaired) electrons. The number of aryl methyl sites for hydroxylation is 2. The molecule has 0 saturated heterocycles. The minimum atomic E-state index is -3.94. The Morgan fingerprint density at radius 1 is 1.07 bits per heavy atom. The number of rotatable bonds is 1. The molecule has 5 heterocycles. The van der Waals surface area contributed by atoms with Gasteiger partial charge in [-0.3, -0.25) is 0 Å². The molecule has 0 unspecified atom stereocenters. The average molecular weight is 364 g/mol. The van der Waals surface area contributed by atoms with Crippen LogP contribution in [0.3, 0.4) is 0 Å². The molecule has 0 atom stereocenters. The topological polar surface area (TPSA) is 25.2 Å². The van der Waals surface area contributed by atoms with Crippen LogP contribution in [-0.2, 0) is 0 Å². The summed E-state index contributed by atoms with van der Waals surface area (Å²) in [7, 11) is 0. The van der Waals surface area contributed by atoms with E-state index < -0.39 is 6.97 Å². The van der Waals surface area contributed by atoms with Gasteiger partial charge in [0.2, 0.25) is 0 Å². The summed E-state index contributed by atoms with van der Waals surface area (Å²) in [4.78, 5) is 4.36. The molecule has 3 aromatic rings. The van der Waals surface area contributed by atoms with Crippen molar-refractivity contribution in [3.63, 3.8) is 0 Å². The zero-order valence-corrected chi connectivity index (χ0v) is 15.7. The average Bonchev–Trinajstić information content (AvgIpc) is 3.25. The van der Waals surface area contributed by atoms with Crippen LogP contribution in [0.15, 0.2) is 54.1 Å². The fourth-order valence-electron chi connectivity index (χ4n) is 4.64. The molecule has 0 fully saturated rings. The van der Waals surface area contributed by atoms with E-state index in [1.165, 1.54) is 8.96 Å². The molecule has 4 nitrogen and oxygen atoms in total. The Morgan fingerprint density at radius 3 is 2.63 bits per heavy atom. The Hall–Kier alpha value is -2.96. The first kappa shape index (κ1) is 16.2. The quantitative estimate of drug-likeness (QED) is 0.595. The standard InChI is InChI=1S/C20H19BF2N4/c1-12-9-14(3)26-19(12)18(16-5-7-25-8-6-24-17(25)11-16)20-13(2)10-15(4)27(20)21(26,22)23/h5-11H,1-4H3. The van der Waals surface area contributed by atoms with Gasteiger partial charge in [-0.25, -0.2) is 4.98 Å². The summed E-state index contributed by atoms with van der Waals surface area (Å²) in [6.45, 7) is 3.36. The van der Waals surface area contributed by atoms with E-state index in [9.17, 15) is 0 Å². The molecule has 2 aliphatic heterocycles. The number of aromatic nitrogens is 3. The molecule has 136 valence electrons. The maximum Gasteiger partial charge on any atom is 0.737 e. The van der Waals surface area contributed by atoms with Crippen LogP contribution in [0.1, 0.15) is 36.4 Å². The van der Waals surface area contributed by atoms with Gasteiger partial charge >= 0.3 is 6.97 Å². The van der Waals surface area contributed by atoms with Crippen molar-refractivity contribution < 1.29 is 13.1 Å². The van der Waals surface area contributed by atoms with E-state index in [0.29, 0.717) is 22.8 Å². The minimum Gasteiger partial charge on any atom is -0.393 e. The zero-order valence-electron chi connectivity index (χ0n) is 15.7. The van der Waals surface area contributed by atoms with E-state index in [2.05, 4.69) is 4.98 Å². The van der Waals surface area contributed by atoms with Gasteiger partial charge in [0.1, 0.15) is 11.4 Å². The largest absolute Gasteiger partial charge is 0.737 e. The summed E-state index contributed by atoms with van der Waals surface area (Å²) in [5.41, 5.74) is 6.58. The molecule has 0 saturated carbocycles. The van der Waals surface area contributed by atoms with Crippen molar-refractivity contribution in [3.05, 3.63) is 76.7 Å². The highest BCUT2D eigenvalue weighted by Crippen LogP contribution is 2.44. The van der Waals surface area contributed by atoms with Crippen molar-refractivity contribution in [2.75, 3.05) is 0 Å². The molecular formula is C20H19BF2N4. The molecule has 0 spiro atoms. The van der Waals surface area contributed by atoms with Gasteiger partial charge in [0.05, 0.1) is 5.57 Å². The Bertz CT molecular complexity index is 1240. The van der Waals surface area contributed by atoms with E-state index in [1.54, 1.807) is 20.0 Å². The Morgan fingerprint density at radius 2 is 1.85 bits per heavy atom. The Kier molecular flexibility index (Phi) is 3.04. The van der Waals surface area contributed by atoms with E-state index in [-0.39, 0.29) is 0 Å². The van der Waals surface area contributed by atoms with Crippen LogP contribution < -0.4 is 0 Å². The van der Waals surface area contributed by atoms with Gasteiger partial charge in [-0.2, -0.15) is 0 Å². The van der Waals surface area contributed by atoms with Crippen LogP contribution in [-0.4, -0.2) is 31.0 Å². The number of imidazole rings is 1. The zero-order chi connectivity index (χ0) is 19.1. The van der Waals surface area contributed by atoms with Gasteiger partial charge in [0.25, 0.3) is 0 Å². The van der Waals surface area contributed by atoms with Gasteiger partial charge in [-0.15, -0.1) is 0 Å². The van der Waals surface area contributed by atoms with Crippen molar-refractivity contribution in [2.45, 2.75) is 27.7 Å². The predicted molar refractivity (Wildman–Crippen MR) is 103 cm³/mol. The van der Waals surface area contributed by atoms with E-state index in [4.69, 9.17) is 0 Å². The molecule has 0 N–H and O–H groups in total. The summed E-state index contributed by atoms with van der Waals surface area (Å²) < 4.78 is 35.5. The highest BCUT2D eigenvalue weighted by molar-refractivity contribution is 6.58. The fourth-order valence-corrected chi connectivity index (χ4v) is 4.64. The van der Waals surface area contributed by atoms with Crippen LogP contribution in [0.5, 0.6) is 0 Å². The molecule has 0 amide bonds. The summed E-state index contributed by atoms with van der Waals surface area (Å²) in [5.74, 6) is 0. The molecule has 27 heavy (non-hydrogen) atoms. The molecule has 5 rings (SSSR count). The van der Waals surface area contributed by atoms with E-state index in [1.807, 2.05) is 54.9 Å². The monoisotopic (exact) mass is 364 g/mol. The minimum absolute atomic E-state index is 0.572. The summed E-state index contributed by atoms with van der Waals surface area (Å²) in [6.07, 6.45) is 7.37. The number of halogens is 2. The highest BCUT2D eigenvalue weighted by atomic mass is 19.2. The number of hydrogen-bond acceptors (Lipinski definition) is 1. The van der Waals surface area contributed by atoms with Crippen molar-refractivity contribution in [3.8, 4) is 0 Å². The lowest BCUT2D eigenvalue weighted by Crippen LogP contribution is -2.51. The SMILES string of the molecule is CC1=CC(C)=[N+]2C1=C(c1ccn3ccnc3c1)c1c(C)cc(C)n1[B-]2(F)F. The second-order valence-corrected chi connectivity index (χ2v) is 7.45. The van der Waals surface area contributed by atoms with Crippen molar-refractivity contribution in [1.82, 2.24) is 13.9 Å². The summed E-state index contributed by atoms with van der Waals surface area (Å²) in [6, 6.07) is 5.78. The lowest BCUT2D eigenvalue weighted by molar-refractivity contribution is -0.363. The molecule has 0 aromatic carbocycles. The van der Waals surface area contributed by atoms with Gasteiger partial charge in [0, 0.05) is 42.9 Å². The first-order valence-corrected chi connectivity index (χ1v) is 9.01. The van der Waals surface area contributed by atoms with Crippen molar-refractivity contribution >= 4 is 23.9 Å². The summed E-state index contributed by atoms with van der Waals surface area (Å²) in [5, 5.41) is 0. The number of fused-ring (bicyclic) bond motifs is 3. The van der Waals surface area contributed by atoms with Crippen LogP contribution >= 0.6 is 0 Å². The lowest BCUT2D eigenvalue weighted by Gasteiger charge is -2.34. The Balaban J connectivity index is 1.94. The maximum absolute atomic E-state index is 15.6. The smallest absolute Gasteiger partial charge is 0.393 e. The third-order valence-electron chi connectivity index (χ3n) is 5.62.